The molecule has 5 nitrogen and oxygen atoms in total. The number of thioether (sulfide) groups is 1. The Morgan fingerprint density at radius 1 is 1.60 bits per heavy atom. The highest BCUT2D eigenvalue weighted by Gasteiger charge is 2.01. The number of rotatable bonds is 6. The number of unbranched alkanes of at least 4 members (excludes halogenated alkanes) is 1. The summed E-state index contributed by atoms with van der Waals surface area (Å²) >= 11 is 3.10. The lowest BCUT2D eigenvalue weighted by molar-refractivity contribution is -0.121. The van der Waals surface area contributed by atoms with Crippen LogP contribution in [0.1, 0.15) is 25.1 Å². The van der Waals surface area contributed by atoms with Gasteiger partial charge < -0.3 is 0 Å². The first-order valence-electron chi connectivity index (χ1n) is 4.65. The first kappa shape index (κ1) is 12.4. The third-order valence-corrected chi connectivity index (χ3v) is 3.70. The van der Waals surface area contributed by atoms with Crippen LogP contribution in [0, 0.1) is 6.92 Å². The Labute approximate surface area is 97.0 Å². The van der Waals surface area contributed by atoms with E-state index in [1.807, 2.05) is 6.92 Å². The van der Waals surface area contributed by atoms with Crippen molar-refractivity contribution in [2.75, 3.05) is 5.75 Å². The van der Waals surface area contributed by atoms with Crippen molar-refractivity contribution in [1.29, 1.82) is 0 Å². The van der Waals surface area contributed by atoms with Crippen molar-refractivity contribution in [2.45, 2.75) is 30.5 Å². The molecule has 0 saturated carbocycles. The lowest BCUT2D eigenvalue weighted by Crippen LogP contribution is -2.29. The van der Waals surface area contributed by atoms with Gasteiger partial charge in [-0.2, -0.15) is 4.37 Å². The third kappa shape index (κ3) is 5.10. The number of carbonyl (C=O) groups is 1. The van der Waals surface area contributed by atoms with Crippen LogP contribution in [0.25, 0.3) is 0 Å². The Morgan fingerprint density at radius 3 is 3.00 bits per heavy atom. The van der Waals surface area contributed by atoms with Crippen molar-refractivity contribution in [3.05, 3.63) is 5.82 Å². The zero-order chi connectivity index (χ0) is 11.1. The second kappa shape index (κ2) is 6.76. The third-order valence-electron chi connectivity index (χ3n) is 1.69. The molecule has 7 heteroatoms. The SMILES string of the molecule is Cc1nsc(SCCCCC(=O)NN)n1. The van der Waals surface area contributed by atoms with E-state index in [4.69, 9.17) is 5.84 Å². The molecule has 0 saturated heterocycles. The number of nitrogens with zero attached hydrogens (tertiary/aromatic N) is 2. The second-order valence-electron chi connectivity index (χ2n) is 2.98. The summed E-state index contributed by atoms with van der Waals surface area (Å²) < 4.78 is 5.08. The van der Waals surface area contributed by atoms with Gasteiger partial charge in [0.1, 0.15) is 5.82 Å². The predicted octanol–water partition coefficient (Wildman–Crippen LogP) is 1.10. The van der Waals surface area contributed by atoms with Gasteiger partial charge in [0.2, 0.25) is 5.91 Å². The molecule has 84 valence electrons. The van der Waals surface area contributed by atoms with Gasteiger partial charge in [0.05, 0.1) is 0 Å². The summed E-state index contributed by atoms with van der Waals surface area (Å²) in [6.45, 7) is 1.88. The van der Waals surface area contributed by atoms with Crippen molar-refractivity contribution < 1.29 is 4.79 Å². The summed E-state index contributed by atoms with van der Waals surface area (Å²) in [7, 11) is 0. The summed E-state index contributed by atoms with van der Waals surface area (Å²) in [6.07, 6.45) is 2.33. The van der Waals surface area contributed by atoms with Crippen LogP contribution in [0.15, 0.2) is 4.34 Å². The molecule has 0 aliphatic heterocycles. The lowest BCUT2D eigenvalue weighted by Gasteiger charge is -1.98. The molecule has 0 atom stereocenters. The molecule has 0 aliphatic carbocycles. The molecule has 1 amide bonds. The Bertz CT molecular complexity index is 315. The van der Waals surface area contributed by atoms with Gasteiger partial charge in [-0.15, -0.1) is 0 Å². The molecule has 1 rings (SSSR count). The second-order valence-corrected chi connectivity index (χ2v) is 5.07. The molecule has 0 aliphatic rings. The minimum absolute atomic E-state index is 0.105. The van der Waals surface area contributed by atoms with Crippen molar-refractivity contribution >= 4 is 29.2 Å². The van der Waals surface area contributed by atoms with Crippen LogP contribution in [-0.2, 0) is 4.79 Å². The van der Waals surface area contributed by atoms with E-state index in [-0.39, 0.29) is 5.91 Å². The molecular formula is C8H14N4OS2. The molecular weight excluding hydrogens is 232 g/mol. The minimum atomic E-state index is -0.105. The Hall–Kier alpha value is -0.660. The van der Waals surface area contributed by atoms with Gasteiger partial charge in [0.25, 0.3) is 0 Å². The van der Waals surface area contributed by atoms with Crippen LogP contribution in [-0.4, -0.2) is 21.0 Å². The summed E-state index contributed by atoms with van der Waals surface area (Å²) in [5.74, 6) is 6.64. The van der Waals surface area contributed by atoms with E-state index >= 15 is 0 Å². The highest BCUT2D eigenvalue weighted by molar-refractivity contribution is 8.00. The van der Waals surface area contributed by atoms with E-state index in [1.165, 1.54) is 11.5 Å². The number of nitrogens with two attached hydrogens (primary N) is 1. The van der Waals surface area contributed by atoms with E-state index in [1.54, 1.807) is 11.8 Å². The molecule has 0 aromatic carbocycles. The number of hydrogen-bond acceptors (Lipinski definition) is 6. The number of amides is 1. The summed E-state index contributed by atoms with van der Waals surface area (Å²) in [4.78, 5) is 15.0. The maximum atomic E-state index is 10.8. The minimum Gasteiger partial charge on any atom is -0.294 e. The van der Waals surface area contributed by atoms with E-state index in [0.717, 1.165) is 28.8 Å². The van der Waals surface area contributed by atoms with E-state index in [2.05, 4.69) is 14.8 Å². The van der Waals surface area contributed by atoms with Crippen molar-refractivity contribution in [1.82, 2.24) is 14.8 Å². The van der Waals surface area contributed by atoms with Gasteiger partial charge in [-0.1, -0.05) is 11.8 Å². The Morgan fingerprint density at radius 2 is 2.40 bits per heavy atom. The molecule has 1 aromatic rings. The van der Waals surface area contributed by atoms with Gasteiger partial charge in [-0.05, 0) is 31.3 Å². The normalized spacial score (nSPS) is 10.3. The average Bonchev–Trinajstić information content (AvgIpc) is 2.63. The largest absolute Gasteiger partial charge is 0.294 e. The molecule has 1 heterocycles. The maximum Gasteiger partial charge on any atom is 0.233 e. The lowest BCUT2D eigenvalue weighted by atomic mass is 10.2. The number of aromatic nitrogens is 2. The van der Waals surface area contributed by atoms with E-state index in [0.29, 0.717) is 6.42 Å². The fourth-order valence-corrected chi connectivity index (χ4v) is 2.67. The van der Waals surface area contributed by atoms with Gasteiger partial charge in [0, 0.05) is 12.2 Å². The van der Waals surface area contributed by atoms with Crippen LogP contribution in [0.5, 0.6) is 0 Å². The number of aryl methyl sites for hydroxylation is 1. The van der Waals surface area contributed by atoms with E-state index in [9.17, 15) is 4.79 Å². The van der Waals surface area contributed by atoms with Crippen LogP contribution in [0.4, 0.5) is 0 Å². The van der Waals surface area contributed by atoms with Crippen LogP contribution in [0.2, 0.25) is 0 Å². The summed E-state index contributed by atoms with van der Waals surface area (Å²) in [5, 5.41) is 0. The first-order valence-corrected chi connectivity index (χ1v) is 6.41. The van der Waals surface area contributed by atoms with Gasteiger partial charge in [0.15, 0.2) is 4.34 Å². The molecule has 0 unspecified atom stereocenters. The van der Waals surface area contributed by atoms with Crippen molar-refractivity contribution in [2.24, 2.45) is 5.84 Å². The Kier molecular flexibility index (Phi) is 5.59. The van der Waals surface area contributed by atoms with Crippen LogP contribution >= 0.6 is 23.3 Å². The van der Waals surface area contributed by atoms with Gasteiger partial charge >= 0.3 is 0 Å². The maximum absolute atomic E-state index is 10.8. The van der Waals surface area contributed by atoms with Crippen molar-refractivity contribution in [3.63, 3.8) is 0 Å². The zero-order valence-electron chi connectivity index (χ0n) is 8.52. The highest BCUT2D eigenvalue weighted by atomic mass is 32.2. The number of nitrogens with one attached hydrogen (secondary N) is 1. The van der Waals surface area contributed by atoms with Crippen molar-refractivity contribution in [3.8, 4) is 0 Å². The highest BCUT2D eigenvalue weighted by Crippen LogP contribution is 2.21. The zero-order valence-corrected chi connectivity index (χ0v) is 10.2. The van der Waals surface area contributed by atoms with Gasteiger partial charge in [-0.25, -0.2) is 10.8 Å². The smallest absolute Gasteiger partial charge is 0.233 e. The van der Waals surface area contributed by atoms with E-state index < -0.39 is 0 Å². The topological polar surface area (TPSA) is 80.9 Å². The quantitative estimate of drug-likeness (QED) is 0.258. The predicted molar refractivity (Wildman–Crippen MR) is 61.6 cm³/mol. The average molecular weight is 246 g/mol. The molecule has 0 bridgehead atoms. The molecule has 0 fully saturated rings. The Balaban J connectivity index is 2.05. The number of carbonyl (C=O) groups excluding carboxylic acids is 1. The summed E-state index contributed by atoms with van der Waals surface area (Å²) in [5.41, 5.74) is 2.11. The molecule has 1 aromatic heterocycles. The monoisotopic (exact) mass is 246 g/mol. The summed E-state index contributed by atoms with van der Waals surface area (Å²) in [6, 6.07) is 0. The molecule has 0 radical (unpaired) electrons. The fraction of sp³-hybridized carbons (Fsp3) is 0.625. The number of hydrazine groups is 1. The molecule has 3 N–H and O–H groups in total. The molecule has 0 spiro atoms. The first-order chi connectivity index (χ1) is 7.22. The molecule has 15 heavy (non-hydrogen) atoms. The van der Waals surface area contributed by atoms with Crippen LogP contribution < -0.4 is 11.3 Å². The van der Waals surface area contributed by atoms with Gasteiger partial charge in [-0.3, -0.25) is 10.2 Å². The fourth-order valence-electron chi connectivity index (χ4n) is 0.956. The standard InChI is InChI=1S/C8H14N4OS2/c1-6-10-8(15-12-6)14-5-3-2-4-7(13)11-9/h2-5,9H2,1H3,(H,11,13). The van der Waals surface area contributed by atoms with Crippen LogP contribution in [0.3, 0.4) is 0 Å². The number of hydrogen-bond donors (Lipinski definition) is 2.